The molecule has 2 heterocycles. The van der Waals surface area contributed by atoms with Crippen LogP contribution in [0.15, 0.2) is 29.3 Å². The van der Waals surface area contributed by atoms with Gasteiger partial charge in [-0.3, -0.25) is 14.7 Å². The Hall–Kier alpha value is -1.75. The average Bonchev–Trinajstić information content (AvgIpc) is 3.31. The molecular formula is C22H36IN5O3. The van der Waals surface area contributed by atoms with Crippen LogP contribution >= 0.6 is 24.0 Å². The summed E-state index contributed by atoms with van der Waals surface area (Å²) in [7, 11) is 3.45. The van der Waals surface area contributed by atoms with Crippen LogP contribution in [-0.4, -0.2) is 99.2 Å². The number of likely N-dealkylation sites (tertiary alicyclic amines) is 1. The highest BCUT2D eigenvalue weighted by molar-refractivity contribution is 14.0. The molecule has 3 rings (SSSR count). The van der Waals surface area contributed by atoms with Gasteiger partial charge in [0.2, 0.25) is 5.91 Å². The Morgan fingerprint density at radius 1 is 1.06 bits per heavy atom. The quantitative estimate of drug-likeness (QED) is 0.321. The molecule has 0 radical (unpaired) electrons. The van der Waals surface area contributed by atoms with Gasteiger partial charge in [-0.1, -0.05) is 12.1 Å². The lowest BCUT2D eigenvalue weighted by Gasteiger charge is -2.36. The Labute approximate surface area is 203 Å². The number of ether oxygens (including phenoxy) is 2. The summed E-state index contributed by atoms with van der Waals surface area (Å²) in [5, 5.41) is 3.41. The molecule has 1 aromatic carbocycles. The van der Waals surface area contributed by atoms with Gasteiger partial charge in [-0.05, 0) is 31.9 Å². The van der Waals surface area contributed by atoms with E-state index in [1.165, 1.54) is 0 Å². The zero-order valence-electron chi connectivity index (χ0n) is 18.9. The van der Waals surface area contributed by atoms with Crippen molar-refractivity contribution in [1.82, 2.24) is 20.0 Å². The Balaban J connectivity index is 0.00000341. The molecule has 31 heavy (non-hydrogen) atoms. The number of rotatable bonds is 7. The van der Waals surface area contributed by atoms with E-state index in [1.807, 2.05) is 36.1 Å². The minimum atomic E-state index is -0.0441. The second-order valence-electron chi connectivity index (χ2n) is 7.86. The van der Waals surface area contributed by atoms with Gasteiger partial charge < -0.3 is 24.6 Å². The molecule has 2 fully saturated rings. The molecule has 1 N–H and O–H groups in total. The molecule has 2 aliphatic rings. The molecule has 0 aromatic heterocycles. The van der Waals surface area contributed by atoms with Crippen LogP contribution in [0.1, 0.15) is 19.8 Å². The van der Waals surface area contributed by atoms with Gasteiger partial charge in [-0.15, -0.1) is 24.0 Å². The van der Waals surface area contributed by atoms with Crippen molar-refractivity contribution in [1.29, 1.82) is 0 Å². The van der Waals surface area contributed by atoms with E-state index >= 15 is 0 Å². The largest absolute Gasteiger partial charge is 0.493 e. The lowest BCUT2D eigenvalue weighted by Crippen LogP contribution is -2.54. The van der Waals surface area contributed by atoms with Crippen molar-refractivity contribution in [3.63, 3.8) is 0 Å². The molecule has 0 aliphatic carbocycles. The minimum Gasteiger partial charge on any atom is -0.493 e. The number of carbonyl (C=O) groups excluding carboxylic acids is 1. The molecule has 8 nitrogen and oxygen atoms in total. The molecule has 0 spiro atoms. The van der Waals surface area contributed by atoms with Crippen LogP contribution in [0.4, 0.5) is 0 Å². The maximum atomic E-state index is 12.4. The van der Waals surface area contributed by atoms with E-state index < -0.39 is 0 Å². The third kappa shape index (κ3) is 7.41. The van der Waals surface area contributed by atoms with Crippen molar-refractivity contribution >= 4 is 35.8 Å². The summed E-state index contributed by atoms with van der Waals surface area (Å²) in [6.45, 7) is 8.48. The van der Waals surface area contributed by atoms with Crippen molar-refractivity contribution in [2.75, 3.05) is 66.5 Å². The SMILES string of the molecule is CN=C(NCC(C)Oc1ccccc1OC)N1CCN(CC(=O)N2CCCC2)CC1.I. The van der Waals surface area contributed by atoms with Gasteiger partial charge >= 0.3 is 0 Å². The van der Waals surface area contributed by atoms with Gasteiger partial charge in [0, 0.05) is 46.3 Å². The van der Waals surface area contributed by atoms with Gasteiger partial charge in [0.05, 0.1) is 20.2 Å². The second-order valence-corrected chi connectivity index (χ2v) is 7.86. The predicted octanol–water partition coefficient (Wildman–Crippen LogP) is 1.90. The Morgan fingerprint density at radius 3 is 2.32 bits per heavy atom. The number of amides is 1. The number of nitrogens with zero attached hydrogens (tertiary/aromatic N) is 4. The number of benzene rings is 1. The van der Waals surface area contributed by atoms with E-state index in [2.05, 4.69) is 20.1 Å². The molecule has 9 heteroatoms. The Kier molecular flexibility index (Phi) is 10.7. The fourth-order valence-corrected chi connectivity index (χ4v) is 3.92. The topological polar surface area (TPSA) is 69.6 Å². The smallest absolute Gasteiger partial charge is 0.236 e. The van der Waals surface area contributed by atoms with Crippen molar-refractivity contribution in [3.05, 3.63) is 24.3 Å². The number of hydrogen-bond donors (Lipinski definition) is 1. The molecule has 1 amide bonds. The van der Waals surface area contributed by atoms with Gasteiger partial charge in [-0.25, -0.2) is 0 Å². The molecule has 174 valence electrons. The molecule has 2 saturated heterocycles. The van der Waals surface area contributed by atoms with E-state index in [9.17, 15) is 4.79 Å². The standard InChI is InChI=1S/C22H35N5O3.HI/c1-18(30-20-9-5-4-8-19(20)29-3)16-24-22(23-2)27-14-12-25(13-15-27)17-21(28)26-10-6-7-11-26;/h4-5,8-9,18H,6-7,10-17H2,1-3H3,(H,23,24);1H. The summed E-state index contributed by atoms with van der Waals surface area (Å²) in [5.41, 5.74) is 0. The summed E-state index contributed by atoms with van der Waals surface area (Å²) in [4.78, 5) is 23.3. The van der Waals surface area contributed by atoms with E-state index in [1.54, 1.807) is 14.2 Å². The van der Waals surface area contributed by atoms with E-state index in [0.29, 0.717) is 13.1 Å². The van der Waals surface area contributed by atoms with Gasteiger partial charge in [-0.2, -0.15) is 0 Å². The second kappa shape index (κ2) is 12.9. The first kappa shape index (κ1) is 25.5. The van der Waals surface area contributed by atoms with E-state index in [4.69, 9.17) is 9.47 Å². The highest BCUT2D eigenvalue weighted by atomic mass is 127. The van der Waals surface area contributed by atoms with Crippen LogP contribution in [0, 0.1) is 0 Å². The van der Waals surface area contributed by atoms with Gasteiger partial charge in [0.15, 0.2) is 17.5 Å². The van der Waals surface area contributed by atoms with E-state index in [-0.39, 0.29) is 36.0 Å². The Bertz CT molecular complexity index is 719. The van der Waals surface area contributed by atoms with Gasteiger partial charge in [0.1, 0.15) is 6.10 Å². The zero-order valence-corrected chi connectivity index (χ0v) is 21.2. The van der Waals surface area contributed by atoms with Crippen LogP contribution < -0.4 is 14.8 Å². The van der Waals surface area contributed by atoms with Crippen LogP contribution in [0.2, 0.25) is 0 Å². The summed E-state index contributed by atoms with van der Waals surface area (Å²) >= 11 is 0. The first-order valence-electron chi connectivity index (χ1n) is 10.9. The third-order valence-electron chi connectivity index (χ3n) is 5.65. The lowest BCUT2D eigenvalue weighted by atomic mass is 10.3. The van der Waals surface area contributed by atoms with Crippen LogP contribution in [0.5, 0.6) is 11.5 Å². The summed E-state index contributed by atoms with van der Waals surface area (Å²) in [5.74, 6) is 2.61. The van der Waals surface area contributed by atoms with E-state index in [0.717, 1.165) is 69.6 Å². The highest BCUT2D eigenvalue weighted by Gasteiger charge is 2.24. The normalized spacial score (nSPS) is 18.4. The fourth-order valence-electron chi connectivity index (χ4n) is 3.92. The highest BCUT2D eigenvalue weighted by Crippen LogP contribution is 2.26. The average molecular weight is 545 g/mol. The predicted molar refractivity (Wildman–Crippen MR) is 134 cm³/mol. The Morgan fingerprint density at radius 2 is 1.71 bits per heavy atom. The minimum absolute atomic E-state index is 0. The van der Waals surface area contributed by atoms with Crippen LogP contribution in [-0.2, 0) is 4.79 Å². The number of halogens is 1. The van der Waals surface area contributed by atoms with Crippen molar-refractivity contribution in [2.24, 2.45) is 4.99 Å². The molecule has 2 aliphatic heterocycles. The van der Waals surface area contributed by atoms with Crippen molar-refractivity contribution < 1.29 is 14.3 Å². The maximum Gasteiger partial charge on any atom is 0.236 e. The summed E-state index contributed by atoms with van der Waals surface area (Å²) < 4.78 is 11.4. The number of methoxy groups -OCH3 is 1. The fraction of sp³-hybridized carbons (Fsp3) is 0.636. The van der Waals surface area contributed by atoms with Crippen molar-refractivity contribution in [3.8, 4) is 11.5 Å². The lowest BCUT2D eigenvalue weighted by molar-refractivity contribution is -0.131. The number of guanidine groups is 1. The van der Waals surface area contributed by atoms with Crippen molar-refractivity contribution in [2.45, 2.75) is 25.9 Å². The monoisotopic (exact) mass is 545 g/mol. The van der Waals surface area contributed by atoms with Crippen LogP contribution in [0.25, 0.3) is 0 Å². The number of aliphatic imine (C=N–C) groups is 1. The number of piperazine rings is 1. The first-order chi connectivity index (χ1) is 14.6. The molecule has 1 atom stereocenters. The molecular weight excluding hydrogens is 509 g/mol. The number of hydrogen-bond acceptors (Lipinski definition) is 5. The molecule has 1 aromatic rings. The molecule has 0 saturated carbocycles. The third-order valence-corrected chi connectivity index (χ3v) is 5.65. The number of carbonyl (C=O) groups is 1. The van der Waals surface area contributed by atoms with Gasteiger partial charge in [0.25, 0.3) is 0 Å². The maximum absolute atomic E-state index is 12.4. The first-order valence-corrected chi connectivity index (χ1v) is 10.9. The number of para-hydroxylation sites is 2. The summed E-state index contributed by atoms with van der Waals surface area (Å²) in [6.07, 6.45) is 2.24. The molecule has 0 bridgehead atoms. The van der Waals surface area contributed by atoms with Crippen LogP contribution in [0.3, 0.4) is 0 Å². The number of nitrogens with one attached hydrogen (secondary N) is 1. The summed E-state index contributed by atoms with van der Waals surface area (Å²) in [6, 6.07) is 7.66. The molecule has 1 unspecified atom stereocenters. The zero-order chi connectivity index (χ0) is 21.3.